The summed E-state index contributed by atoms with van der Waals surface area (Å²) < 4.78 is 5.42. The molecule has 0 aliphatic carbocycles. The van der Waals surface area contributed by atoms with E-state index in [-0.39, 0.29) is 5.91 Å². The van der Waals surface area contributed by atoms with Crippen molar-refractivity contribution in [3.63, 3.8) is 0 Å². The SMILES string of the molecule is COc1ccccc1/C=C1/SC(=Nc2ccccc2)N(Cc2cccnc2)C1=O. The first-order valence-corrected chi connectivity index (χ1v) is 9.93. The number of hydrogen-bond acceptors (Lipinski definition) is 5. The Labute approximate surface area is 173 Å². The fourth-order valence-electron chi connectivity index (χ4n) is 2.94. The number of ether oxygens (including phenoxy) is 1. The number of nitrogens with zero attached hydrogens (tertiary/aromatic N) is 3. The van der Waals surface area contributed by atoms with Gasteiger partial charge in [0, 0.05) is 18.0 Å². The van der Waals surface area contributed by atoms with E-state index >= 15 is 0 Å². The van der Waals surface area contributed by atoms with Crippen molar-refractivity contribution in [2.24, 2.45) is 4.99 Å². The van der Waals surface area contributed by atoms with E-state index in [4.69, 9.17) is 9.73 Å². The summed E-state index contributed by atoms with van der Waals surface area (Å²) in [7, 11) is 1.62. The predicted molar refractivity (Wildman–Crippen MR) is 117 cm³/mol. The Hall–Kier alpha value is -3.38. The average Bonchev–Trinajstić information content (AvgIpc) is 3.04. The van der Waals surface area contributed by atoms with Crippen molar-refractivity contribution in [3.05, 3.63) is 95.2 Å². The second-order valence-corrected chi connectivity index (χ2v) is 7.34. The molecule has 0 spiro atoms. The zero-order valence-corrected chi connectivity index (χ0v) is 16.7. The summed E-state index contributed by atoms with van der Waals surface area (Å²) in [5, 5.41) is 0.645. The van der Waals surface area contributed by atoms with Gasteiger partial charge in [0.2, 0.25) is 0 Å². The molecule has 29 heavy (non-hydrogen) atoms. The van der Waals surface area contributed by atoms with Crippen molar-refractivity contribution in [2.45, 2.75) is 6.54 Å². The Bertz CT molecular complexity index is 1070. The van der Waals surface area contributed by atoms with Gasteiger partial charge in [0.25, 0.3) is 5.91 Å². The summed E-state index contributed by atoms with van der Waals surface area (Å²) in [4.78, 5) is 24.4. The van der Waals surface area contributed by atoms with Gasteiger partial charge in [0.15, 0.2) is 5.17 Å². The summed E-state index contributed by atoms with van der Waals surface area (Å²) in [6, 6.07) is 21.1. The lowest BCUT2D eigenvalue weighted by atomic mass is 10.2. The first kappa shape index (κ1) is 19.0. The number of benzene rings is 2. The second-order valence-electron chi connectivity index (χ2n) is 6.34. The topological polar surface area (TPSA) is 54.8 Å². The van der Waals surface area contributed by atoms with E-state index < -0.39 is 0 Å². The van der Waals surface area contributed by atoms with Gasteiger partial charge in [-0.25, -0.2) is 4.99 Å². The van der Waals surface area contributed by atoms with Gasteiger partial charge in [-0.05, 0) is 47.7 Å². The Morgan fingerprint density at radius 2 is 1.86 bits per heavy atom. The van der Waals surface area contributed by atoms with Crippen LogP contribution in [0.3, 0.4) is 0 Å². The van der Waals surface area contributed by atoms with Crippen LogP contribution in [0.1, 0.15) is 11.1 Å². The fraction of sp³-hybridized carbons (Fsp3) is 0.0870. The number of para-hydroxylation sites is 2. The minimum absolute atomic E-state index is 0.0839. The molecule has 2 aromatic carbocycles. The van der Waals surface area contributed by atoms with Crippen LogP contribution in [-0.2, 0) is 11.3 Å². The number of aromatic nitrogens is 1. The number of rotatable bonds is 5. The molecule has 0 radical (unpaired) electrons. The third-order valence-electron chi connectivity index (χ3n) is 4.36. The van der Waals surface area contributed by atoms with E-state index in [0.29, 0.717) is 16.6 Å². The van der Waals surface area contributed by atoms with Gasteiger partial charge in [0.05, 0.1) is 24.2 Å². The molecule has 1 fully saturated rings. The number of hydrogen-bond donors (Lipinski definition) is 0. The molecule has 6 heteroatoms. The molecule has 5 nitrogen and oxygen atoms in total. The molecule has 144 valence electrons. The number of amidine groups is 1. The monoisotopic (exact) mass is 401 g/mol. The smallest absolute Gasteiger partial charge is 0.267 e. The predicted octanol–water partition coefficient (Wildman–Crippen LogP) is 4.89. The first-order valence-electron chi connectivity index (χ1n) is 9.11. The van der Waals surface area contributed by atoms with E-state index in [9.17, 15) is 4.79 Å². The number of carbonyl (C=O) groups excluding carboxylic acids is 1. The van der Waals surface area contributed by atoms with Crippen LogP contribution in [0.4, 0.5) is 5.69 Å². The Balaban J connectivity index is 1.71. The van der Waals surface area contributed by atoms with Gasteiger partial charge in [-0.3, -0.25) is 14.7 Å². The van der Waals surface area contributed by atoms with Crippen LogP contribution in [0.25, 0.3) is 6.08 Å². The van der Waals surface area contributed by atoms with E-state index in [1.807, 2.05) is 72.8 Å². The van der Waals surface area contributed by atoms with Gasteiger partial charge in [-0.1, -0.05) is 42.5 Å². The highest BCUT2D eigenvalue weighted by Gasteiger charge is 2.33. The van der Waals surface area contributed by atoms with Crippen molar-refractivity contribution in [1.29, 1.82) is 0 Å². The third-order valence-corrected chi connectivity index (χ3v) is 5.36. The molecule has 0 saturated carbocycles. The molecule has 1 amide bonds. The fourth-order valence-corrected chi connectivity index (χ4v) is 3.93. The molecule has 1 aliphatic heterocycles. The minimum Gasteiger partial charge on any atom is -0.496 e. The zero-order valence-electron chi connectivity index (χ0n) is 15.9. The van der Waals surface area contributed by atoms with Gasteiger partial charge < -0.3 is 4.74 Å². The summed E-state index contributed by atoms with van der Waals surface area (Å²) in [6.07, 6.45) is 5.34. The average molecular weight is 401 g/mol. The lowest BCUT2D eigenvalue weighted by molar-refractivity contribution is -0.122. The van der Waals surface area contributed by atoms with Crippen LogP contribution in [-0.4, -0.2) is 28.1 Å². The summed E-state index contributed by atoms with van der Waals surface area (Å²) in [5.41, 5.74) is 2.60. The molecule has 3 aromatic rings. The molecule has 0 N–H and O–H groups in total. The molecular formula is C23H19N3O2S. The molecule has 4 rings (SSSR count). The molecule has 1 saturated heterocycles. The largest absolute Gasteiger partial charge is 0.496 e. The highest BCUT2D eigenvalue weighted by molar-refractivity contribution is 8.18. The van der Waals surface area contributed by atoms with Gasteiger partial charge in [-0.2, -0.15) is 0 Å². The van der Waals surface area contributed by atoms with Crippen molar-refractivity contribution in [1.82, 2.24) is 9.88 Å². The number of methoxy groups -OCH3 is 1. The van der Waals surface area contributed by atoms with Crippen LogP contribution in [0.15, 0.2) is 89.0 Å². The normalized spacial score (nSPS) is 16.6. The van der Waals surface area contributed by atoms with Crippen molar-refractivity contribution in [2.75, 3.05) is 7.11 Å². The minimum atomic E-state index is -0.0839. The Morgan fingerprint density at radius 1 is 1.07 bits per heavy atom. The number of thioether (sulfide) groups is 1. The molecule has 0 bridgehead atoms. The summed E-state index contributed by atoms with van der Waals surface area (Å²) >= 11 is 1.37. The number of amides is 1. The lowest BCUT2D eigenvalue weighted by Crippen LogP contribution is -2.28. The molecule has 2 heterocycles. The van der Waals surface area contributed by atoms with Crippen molar-refractivity contribution >= 4 is 34.6 Å². The standard InChI is InChI=1S/C23H19N3O2S/c1-28-20-12-6-5-9-18(20)14-21-22(27)26(16-17-8-7-13-24-15-17)23(29-21)25-19-10-3-2-4-11-19/h2-15H,16H2,1H3/b21-14+,25-23?. The maximum atomic E-state index is 13.2. The third kappa shape index (κ3) is 4.38. The van der Waals surface area contributed by atoms with E-state index in [1.54, 1.807) is 24.4 Å². The molecule has 0 atom stereocenters. The Kier molecular flexibility index (Phi) is 5.72. The van der Waals surface area contributed by atoms with E-state index in [2.05, 4.69) is 4.98 Å². The van der Waals surface area contributed by atoms with Gasteiger partial charge in [-0.15, -0.1) is 0 Å². The van der Waals surface area contributed by atoms with Gasteiger partial charge >= 0.3 is 0 Å². The van der Waals surface area contributed by atoms with Crippen LogP contribution in [0.2, 0.25) is 0 Å². The number of aliphatic imine (C=N–C) groups is 1. The first-order chi connectivity index (χ1) is 14.2. The zero-order chi connectivity index (χ0) is 20.1. The second kappa shape index (κ2) is 8.75. The number of pyridine rings is 1. The van der Waals surface area contributed by atoms with Crippen LogP contribution in [0, 0.1) is 0 Å². The maximum absolute atomic E-state index is 13.2. The van der Waals surface area contributed by atoms with Crippen LogP contribution >= 0.6 is 11.8 Å². The van der Waals surface area contributed by atoms with Crippen LogP contribution in [0.5, 0.6) is 5.75 Å². The summed E-state index contributed by atoms with van der Waals surface area (Å²) in [6.45, 7) is 0.411. The highest BCUT2D eigenvalue weighted by atomic mass is 32.2. The maximum Gasteiger partial charge on any atom is 0.267 e. The Morgan fingerprint density at radius 3 is 2.62 bits per heavy atom. The quantitative estimate of drug-likeness (QED) is 0.571. The molecule has 1 aliphatic rings. The van der Waals surface area contributed by atoms with E-state index in [1.165, 1.54) is 11.8 Å². The van der Waals surface area contributed by atoms with Crippen LogP contribution < -0.4 is 4.74 Å². The van der Waals surface area contributed by atoms with Gasteiger partial charge in [0.1, 0.15) is 5.75 Å². The number of carbonyl (C=O) groups is 1. The highest BCUT2D eigenvalue weighted by Crippen LogP contribution is 2.36. The van der Waals surface area contributed by atoms with Crippen molar-refractivity contribution < 1.29 is 9.53 Å². The van der Waals surface area contributed by atoms with Crippen molar-refractivity contribution in [3.8, 4) is 5.75 Å². The molecular weight excluding hydrogens is 382 g/mol. The lowest BCUT2D eigenvalue weighted by Gasteiger charge is -2.15. The van der Waals surface area contributed by atoms with E-state index in [0.717, 1.165) is 22.6 Å². The molecule has 0 unspecified atom stereocenters. The summed E-state index contributed by atoms with van der Waals surface area (Å²) in [5.74, 6) is 0.639. The molecule has 1 aromatic heterocycles.